The summed E-state index contributed by atoms with van der Waals surface area (Å²) in [6.45, 7) is 1.85. The van der Waals surface area contributed by atoms with Crippen LogP contribution in [0.25, 0.3) is 32.6 Å². The lowest BCUT2D eigenvalue weighted by atomic mass is 10.1. The highest BCUT2D eigenvalue weighted by Gasteiger charge is 2.15. The first-order chi connectivity index (χ1) is 11.8. The maximum absolute atomic E-state index is 7.39. The van der Waals surface area contributed by atoms with Crippen molar-refractivity contribution in [2.24, 2.45) is 9.98 Å². The van der Waals surface area contributed by atoms with E-state index >= 15 is 0 Å². The van der Waals surface area contributed by atoms with Gasteiger partial charge in [0.2, 0.25) is 5.96 Å². The van der Waals surface area contributed by atoms with Crippen LogP contribution in [0.15, 0.2) is 70.6 Å². The van der Waals surface area contributed by atoms with E-state index < -0.39 is 0 Å². The predicted molar refractivity (Wildman–Crippen MR) is 103 cm³/mol. The average molecular weight is 312 g/mol. The largest absolute Gasteiger partial charge is 0.289 e. The molecule has 4 nitrogen and oxygen atoms in total. The zero-order valence-corrected chi connectivity index (χ0v) is 13.3. The van der Waals surface area contributed by atoms with Crippen molar-refractivity contribution in [2.45, 2.75) is 6.92 Å². The average Bonchev–Trinajstić information content (AvgIpc) is 2.96. The summed E-state index contributed by atoms with van der Waals surface area (Å²) in [5, 5.41) is 12.0. The molecule has 0 spiro atoms. The lowest BCUT2D eigenvalue weighted by Gasteiger charge is -2.08. The van der Waals surface area contributed by atoms with Gasteiger partial charge in [-0.1, -0.05) is 54.6 Å². The van der Waals surface area contributed by atoms with Crippen LogP contribution >= 0.6 is 0 Å². The molecule has 0 aliphatic rings. The smallest absolute Gasteiger partial charge is 0.235 e. The van der Waals surface area contributed by atoms with E-state index in [-0.39, 0.29) is 0 Å². The SMILES string of the molecule is CC=NC(=NC=N)n1c2ccccc2c2ccc3ccccc3c21. The summed E-state index contributed by atoms with van der Waals surface area (Å²) in [5.74, 6) is 0.495. The Kier molecular flexibility index (Phi) is 3.43. The minimum absolute atomic E-state index is 0.495. The normalized spacial score (nSPS) is 12.6. The Hall–Kier alpha value is -3.27. The van der Waals surface area contributed by atoms with Crippen LogP contribution in [0.2, 0.25) is 0 Å². The molecule has 0 saturated heterocycles. The number of fused-ring (bicyclic) bond motifs is 5. The number of nitrogens with one attached hydrogen (secondary N) is 1. The van der Waals surface area contributed by atoms with Gasteiger partial charge in [0.1, 0.15) is 6.34 Å². The first-order valence-electron chi connectivity index (χ1n) is 7.82. The van der Waals surface area contributed by atoms with Gasteiger partial charge in [0.15, 0.2) is 0 Å². The molecule has 116 valence electrons. The molecule has 4 heteroatoms. The Morgan fingerprint density at radius 1 is 0.917 bits per heavy atom. The van der Waals surface area contributed by atoms with Gasteiger partial charge in [0.25, 0.3) is 0 Å². The number of nitrogens with zero attached hydrogens (tertiary/aromatic N) is 3. The Morgan fingerprint density at radius 3 is 2.46 bits per heavy atom. The Morgan fingerprint density at radius 2 is 1.67 bits per heavy atom. The van der Waals surface area contributed by atoms with E-state index in [4.69, 9.17) is 5.41 Å². The molecule has 0 bridgehead atoms. The standard InChI is InChI=1S/C20H16N4/c1-2-22-20(23-13-21)24-18-10-6-5-9-16(18)17-12-11-14-7-3-4-8-15(14)19(17)24/h2-13,21H,1H3. The third kappa shape index (κ3) is 2.04. The first-order valence-corrected chi connectivity index (χ1v) is 7.82. The van der Waals surface area contributed by atoms with Gasteiger partial charge in [-0.25, -0.2) is 9.98 Å². The fourth-order valence-corrected chi connectivity index (χ4v) is 3.26. The van der Waals surface area contributed by atoms with Crippen molar-refractivity contribution >= 4 is 51.1 Å². The molecule has 0 aliphatic carbocycles. The van der Waals surface area contributed by atoms with E-state index in [9.17, 15) is 0 Å². The van der Waals surface area contributed by atoms with Crippen molar-refractivity contribution in [1.82, 2.24) is 4.57 Å². The van der Waals surface area contributed by atoms with Crippen LogP contribution in [0.3, 0.4) is 0 Å². The molecule has 0 atom stereocenters. The highest BCUT2D eigenvalue weighted by Crippen LogP contribution is 2.34. The summed E-state index contributed by atoms with van der Waals surface area (Å²) in [7, 11) is 0. The van der Waals surface area contributed by atoms with Crippen molar-refractivity contribution in [3.8, 4) is 0 Å². The Labute approximate surface area is 139 Å². The van der Waals surface area contributed by atoms with Crippen LogP contribution in [-0.2, 0) is 0 Å². The van der Waals surface area contributed by atoms with Gasteiger partial charge in [-0.3, -0.25) is 9.98 Å². The Bertz CT molecular complexity index is 1130. The number of aliphatic imine (C=N–C) groups is 2. The summed E-state index contributed by atoms with van der Waals surface area (Å²) in [6.07, 6.45) is 2.74. The van der Waals surface area contributed by atoms with Gasteiger partial charge in [0.05, 0.1) is 11.0 Å². The van der Waals surface area contributed by atoms with Crippen molar-refractivity contribution in [2.75, 3.05) is 0 Å². The molecule has 1 heterocycles. The minimum Gasteiger partial charge on any atom is -0.289 e. The van der Waals surface area contributed by atoms with E-state index in [1.807, 2.05) is 35.8 Å². The lowest BCUT2D eigenvalue weighted by Crippen LogP contribution is -2.09. The number of hydrogen-bond acceptors (Lipinski definition) is 1. The van der Waals surface area contributed by atoms with Gasteiger partial charge in [0, 0.05) is 22.4 Å². The van der Waals surface area contributed by atoms with Crippen LogP contribution in [0.1, 0.15) is 6.92 Å². The fraction of sp³-hybridized carbons (Fsp3) is 0.0500. The molecule has 3 aromatic carbocycles. The Balaban J connectivity index is 2.29. The maximum Gasteiger partial charge on any atom is 0.235 e. The molecule has 0 saturated carbocycles. The van der Waals surface area contributed by atoms with Crippen LogP contribution < -0.4 is 0 Å². The molecule has 4 aromatic rings. The molecule has 4 rings (SSSR count). The summed E-state index contributed by atoms with van der Waals surface area (Å²) in [6, 6.07) is 20.8. The van der Waals surface area contributed by atoms with Crippen molar-refractivity contribution in [3.63, 3.8) is 0 Å². The highest BCUT2D eigenvalue weighted by molar-refractivity contribution is 6.22. The summed E-state index contributed by atoms with van der Waals surface area (Å²) >= 11 is 0. The molecule has 1 N–H and O–H groups in total. The van der Waals surface area contributed by atoms with Gasteiger partial charge < -0.3 is 0 Å². The lowest BCUT2D eigenvalue weighted by molar-refractivity contribution is 1.23. The van der Waals surface area contributed by atoms with Crippen molar-refractivity contribution < 1.29 is 0 Å². The second-order valence-corrected chi connectivity index (χ2v) is 5.48. The second-order valence-electron chi connectivity index (χ2n) is 5.48. The van der Waals surface area contributed by atoms with Crippen LogP contribution in [0.5, 0.6) is 0 Å². The van der Waals surface area contributed by atoms with Crippen molar-refractivity contribution in [3.05, 3.63) is 60.7 Å². The molecule has 0 amide bonds. The number of rotatable bonds is 1. The number of benzene rings is 3. The molecular weight excluding hydrogens is 296 g/mol. The van der Waals surface area contributed by atoms with Gasteiger partial charge >= 0.3 is 0 Å². The monoisotopic (exact) mass is 312 g/mol. The van der Waals surface area contributed by atoms with Crippen molar-refractivity contribution in [1.29, 1.82) is 5.41 Å². The highest BCUT2D eigenvalue weighted by atomic mass is 15.2. The van der Waals surface area contributed by atoms with Crippen LogP contribution in [0.4, 0.5) is 0 Å². The van der Waals surface area contributed by atoms with E-state index in [2.05, 4.69) is 46.4 Å². The zero-order valence-electron chi connectivity index (χ0n) is 13.3. The predicted octanol–water partition coefficient (Wildman–Crippen LogP) is 4.85. The summed E-state index contributed by atoms with van der Waals surface area (Å²) in [4.78, 5) is 8.59. The van der Waals surface area contributed by atoms with E-state index in [1.165, 1.54) is 5.39 Å². The molecule has 24 heavy (non-hydrogen) atoms. The van der Waals surface area contributed by atoms with Crippen LogP contribution in [-0.4, -0.2) is 23.1 Å². The molecule has 1 aromatic heterocycles. The molecule has 0 fully saturated rings. The number of aromatic nitrogens is 1. The zero-order chi connectivity index (χ0) is 16.5. The maximum atomic E-state index is 7.39. The van der Waals surface area contributed by atoms with Gasteiger partial charge in [-0.15, -0.1) is 0 Å². The first kappa shape index (κ1) is 14.3. The van der Waals surface area contributed by atoms with Crippen LogP contribution in [0, 0.1) is 5.41 Å². The number of para-hydroxylation sites is 1. The summed E-state index contributed by atoms with van der Waals surface area (Å²) < 4.78 is 2.04. The van der Waals surface area contributed by atoms with E-state index in [0.717, 1.165) is 33.5 Å². The molecule has 0 unspecified atom stereocenters. The topological polar surface area (TPSA) is 53.5 Å². The van der Waals surface area contributed by atoms with Gasteiger partial charge in [-0.05, 0) is 18.4 Å². The third-order valence-corrected chi connectivity index (χ3v) is 4.18. The second kappa shape index (κ2) is 5.74. The van der Waals surface area contributed by atoms with E-state index in [0.29, 0.717) is 5.96 Å². The summed E-state index contributed by atoms with van der Waals surface area (Å²) in [5.41, 5.74) is 2.11. The minimum atomic E-state index is 0.495. The quantitative estimate of drug-likeness (QED) is 0.386. The van der Waals surface area contributed by atoms with E-state index in [1.54, 1.807) is 6.21 Å². The fourth-order valence-electron chi connectivity index (χ4n) is 3.26. The number of hydrogen-bond donors (Lipinski definition) is 1. The molecular formula is C20H16N4. The molecule has 0 radical (unpaired) electrons. The van der Waals surface area contributed by atoms with Gasteiger partial charge in [-0.2, -0.15) is 0 Å². The third-order valence-electron chi connectivity index (χ3n) is 4.18. The molecule has 0 aliphatic heterocycles.